The van der Waals surface area contributed by atoms with Crippen molar-refractivity contribution in [1.29, 1.82) is 0 Å². The Hall–Kier alpha value is -1.33. The van der Waals surface area contributed by atoms with E-state index >= 15 is 0 Å². The van der Waals surface area contributed by atoms with Crippen LogP contribution in [-0.2, 0) is 14.3 Å². The maximum absolute atomic E-state index is 13.2. The fraction of sp³-hybridized carbons (Fsp3) is 0.937. The van der Waals surface area contributed by atoms with Crippen molar-refractivity contribution in [3.63, 3.8) is 0 Å². The minimum absolute atomic E-state index is 0.167. The van der Waals surface area contributed by atoms with E-state index in [0.29, 0.717) is 6.42 Å². The van der Waals surface area contributed by atoms with Gasteiger partial charge in [-0.3, -0.25) is 4.79 Å². The van der Waals surface area contributed by atoms with Crippen LogP contribution >= 0.6 is 0 Å². The predicted molar refractivity (Wildman–Crippen MR) is 378 cm³/mol. The van der Waals surface area contributed by atoms with Crippen LogP contribution in [0.25, 0.3) is 0 Å². The molecule has 7 atom stereocenters. The summed E-state index contributed by atoms with van der Waals surface area (Å²) in [7, 11) is 0. The number of allylic oxidation sites excluding steroid dienone is 3. The van der Waals surface area contributed by atoms with E-state index in [1.54, 1.807) is 6.08 Å². The summed E-state index contributed by atoms with van der Waals surface area (Å²) in [6.07, 6.45) is 84.7. The van der Waals surface area contributed by atoms with Gasteiger partial charge in [0.15, 0.2) is 6.29 Å². The van der Waals surface area contributed by atoms with Gasteiger partial charge in [-0.1, -0.05) is 391 Å². The first-order chi connectivity index (χ1) is 43.3. The largest absolute Gasteiger partial charge is 0.394 e. The van der Waals surface area contributed by atoms with Crippen molar-refractivity contribution in [3.05, 3.63) is 24.3 Å². The second-order valence-electron chi connectivity index (χ2n) is 27.9. The molecule has 9 nitrogen and oxygen atoms in total. The summed E-state index contributed by atoms with van der Waals surface area (Å²) >= 11 is 0. The third-order valence-electron chi connectivity index (χ3n) is 19.3. The van der Waals surface area contributed by atoms with Crippen molar-refractivity contribution in [1.82, 2.24) is 5.32 Å². The minimum Gasteiger partial charge on any atom is -0.394 e. The molecule has 0 aliphatic carbocycles. The monoisotopic (exact) mass is 1240 g/mol. The van der Waals surface area contributed by atoms with Gasteiger partial charge in [-0.2, -0.15) is 0 Å². The van der Waals surface area contributed by atoms with Crippen LogP contribution in [0.1, 0.15) is 418 Å². The molecule has 7 unspecified atom stereocenters. The molecule has 88 heavy (non-hydrogen) atoms. The van der Waals surface area contributed by atoms with Crippen molar-refractivity contribution in [3.8, 4) is 0 Å². The lowest BCUT2D eigenvalue weighted by atomic mass is 9.99. The lowest BCUT2D eigenvalue weighted by molar-refractivity contribution is -0.302. The van der Waals surface area contributed by atoms with E-state index in [9.17, 15) is 30.3 Å². The second-order valence-corrected chi connectivity index (χ2v) is 27.9. The zero-order valence-electron chi connectivity index (χ0n) is 58.8. The molecule has 0 aromatic carbocycles. The number of hydrogen-bond acceptors (Lipinski definition) is 8. The number of carbonyl (C=O) groups is 1. The molecule has 1 saturated heterocycles. The summed E-state index contributed by atoms with van der Waals surface area (Å²) in [5.74, 6) is -0.167. The lowest BCUT2D eigenvalue weighted by Gasteiger charge is -2.40. The topological polar surface area (TPSA) is 149 Å². The van der Waals surface area contributed by atoms with Crippen LogP contribution in [-0.4, -0.2) is 87.5 Å². The highest BCUT2D eigenvalue weighted by Gasteiger charge is 2.44. The van der Waals surface area contributed by atoms with Gasteiger partial charge in [0.2, 0.25) is 5.91 Å². The summed E-state index contributed by atoms with van der Waals surface area (Å²) in [4.78, 5) is 13.2. The highest BCUT2D eigenvalue weighted by atomic mass is 16.7. The Kier molecular flexibility index (Phi) is 65.9. The van der Waals surface area contributed by atoms with Gasteiger partial charge in [0, 0.05) is 6.42 Å². The van der Waals surface area contributed by atoms with Gasteiger partial charge in [0.05, 0.1) is 25.4 Å². The van der Waals surface area contributed by atoms with Crippen LogP contribution in [0, 0.1) is 0 Å². The Balaban J connectivity index is 2.07. The first-order valence-corrected chi connectivity index (χ1v) is 39.6. The van der Waals surface area contributed by atoms with E-state index in [0.717, 1.165) is 38.5 Å². The molecule has 1 heterocycles. The van der Waals surface area contributed by atoms with Gasteiger partial charge in [-0.15, -0.1) is 0 Å². The van der Waals surface area contributed by atoms with Gasteiger partial charge >= 0.3 is 0 Å². The van der Waals surface area contributed by atoms with E-state index < -0.39 is 49.5 Å². The van der Waals surface area contributed by atoms with E-state index in [1.165, 1.54) is 360 Å². The molecular formula is C79H153NO8. The van der Waals surface area contributed by atoms with Crippen LogP contribution in [0.15, 0.2) is 24.3 Å². The average Bonchev–Trinajstić information content (AvgIpc) is 3.65. The van der Waals surface area contributed by atoms with Gasteiger partial charge in [-0.25, -0.2) is 0 Å². The van der Waals surface area contributed by atoms with Gasteiger partial charge in [0.1, 0.15) is 24.4 Å². The molecule has 0 saturated carbocycles. The van der Waals surface area contributed by atoms with Crippen molar-refractivity contribution in [2.45, 2.75) is 461 Å². The summed E-state index contributed by atoms with van der Waals surface area (Å²) < 4.78 is 11.4. The number of rotatable bonds is 71. The van der Waals surface area contributed by atoms with E-state index in [-0.39, 0.29) is 12.5 Å². The fourth-order valence-corrected chi connectivity index (χ4v) is 13.1. The van der Waals surface area contributed by atoms with E-state index in [2.05, 4.69) is 31.3 Å². The Morgan fingerprint density at radius 3 is 0.920 bits per heavy atom. The molecule has 1 aliphatic rings. The Bertz CT molecular complexity index is 1440. The Labute approximate surface area is 547 Å². The molecule has 0 aromatic rings. The van der Waals surface area contributed by atoms with Crippen LogP contribution in [0.5, 0.6) is 0 Å². The fourth-order valence-electron chi connectivity index (χ4n) is 13.1. The standard InChI is InChI=1S/C79H153NO8/c1-3-5-7-9-11-13-15-17-19-21-23-25-27-29-31-33-35-37-39-41-43-45-47-49-51-53-55-57-59-61-63-65-67-69-75(83)80-72(71-87-79-78(86)77(85)76(84)74(70-81)88-79)73(82)68-66-64-62-60-58-56-54-52-50-48-46-44-42-40-38-36-34-32-30-28-26-24-22-20-18-16-14-12-10-8-6-4-2/h21,23,66,68,72-74,76-79,81-82,84-86H,3-20,22,24-65,67,69-71H2,1-2H3,(H,80,83)/b23-21-,68-66+. The first-order valence-electron chi connectivity index (χ1n) is 39.6. The van der Waals surface area contributed by atoms with Crippen LogP contribution in [0.2, 0.25) is 0 Å². The maximum atomic E-state index is 13.2. The zero-order chi connectivity index (χ0) is 63.5. The molecule has 1 fully saturated rings. The quantitative estimate of drug-likeness (QED) is 0.0261. The van der Waals surface area contributed by atoms with Gasteiger partial charge in [-0.05, 0) is 44.9 Å². The summed E-state index contributed by atoms with van der Waals surface area (Å²) in [5.41, 5.74) is 0. The number of aliphatic hydroxyl groups excluding tert-OH is 5. The number of nitrogens with one attached hydrogen (secondary N) is 1. The predicted octanol–water partition coefficient (Wildman–Crippen LogP) is 22.4. The Morgan fingerprint density at radius 2 is 0.636 bits per heavy atom. The maximum Gasteiger partial charge on any atom is 0.220 e. The van der Waals surface area contributed by atoms with Crippen molar-refractivity contribution in [2.75, 3.05) is 13.2 Å². The van der Waals surface area contributed by atoms with Crippen molar-refractivity contribution >= 4 is 5.91 Å². The van der Waals surface area contributed by atoms with Crippen LogP contribution in [0.4, 0.5) is 0 Å². The van der Waals surface area contributed by atoms with Gasteiger partial charge in [0.25, 0.3) is 0 Å². The summed E-state index contributed by atoms with van der Waals surface area (Å²) in [6, 6.07) is -0.804. The van der Waals surface area contributed by atoms with E-state index in [1.807, 2.05) is 6.08 Å². The molecule has 1 amide bonds. The molecule has 522 valence electrons. The molecule has 9 heteroatoms. The third-order valence-corrected chi connectivity index (χ3v) is 19.3. The molecule has 6 N–H and O–H groups in total. The highest BCUT2D eigenvalue weighted by molar-refractivity contribution is 5.76. The molecule has 1 aliphatic heterocycles. The number of amides is 1. The smallest absolute Gasteiger partial charge is 0.220 e. The second kappa shape index (κ2) is 68.5. The zero-order valence-corrected chi connectivity index (χ0v) is 58.8. The summed E-state index contributed by atoms with van der Waals surface area (Å²) in [6.45, 7) is 3.85. The van der Waals surface area contributed by atoms with Crippen molar-refractivity contribution in [2.24, 2.45) is 0 Å². The third kappa shape index (κ3) is 56.2. The van der Waals surface area contributed by atoms with Crippen LogP contribution < -0.4 is 5.32 Å². The number of ether oxygens (including phenoxy) is 2. The molecule has 0 bridgehead atoms. The number of unbranched alkanes of at least 4 members (excludes halogenated alkanes) is 59. The average molecular weight is 1250 g/mol. The molecule has 0 spiro atoms. The molecular weight excluding hydrogens is 1090 g/mol. The molecule has 1 rings (SSSR count). The number of carbonyl (C=O) groups excluding carboxylic acids is 1. The van der Waals surface area contributed by atoms with Crippen molar-refractivity contribution < 1.29 is 39.8 Å². The molecule has 0 radical (unpaired) electrons. The van der Waals surface area contributed by atoms with Crippen LogP contribution in [0.3, 0.4) is 0 Å². The SMILES string of the molecule is CCCCCCCCCC/C=C\CCCCCCCCCCCCCCCCCCCCCCCC(=O)NC(COC1OC(CO)C(O)C(O)C1O)C(O)/C=C/CCCCCCCCCCCCCCCCCCCCCCCCCCCCCCCC. The van der Waals surface area contributed by atoms with E-state index in [4.69, 9.17) is 9.47 Å². The highest BCUT2D eigenvalue weighted by Crippen LogP contribution is 2.24. The lowest BCUT2D eigenvalue weighted by Crippen LogP contribution is -2.60. The Morgan fingerprint density at radius 1 is 0.375 bits per heavy atom. The number of aliphatic hydroxyl groups is 5. The molecule has 0 aromatic heterocycles. The summed E-state index contributed by atoms with van der Waals surface area (Å²) in [5, 5.41) is 54.9. The minimum atomic E-state index is -1.57. The van der Waals surface area contributed by atoms with Gasteiger partial charge < -0.3 is 40.3 Å². The normalized spacial score (nSPS) is 17.9. The first kappa shape index (κ1) is 84.7. The number of hydrogen-bond donors (Lipinski definition) is 6.